The number of imidazole rings is 1. The quantitative estimate of drug-likeness (QED) is 0.874. The molecule has 1 saturated heterocycles. The van der Waals surface area contributed by atoms with Crippen LogP contribution in [-0.4, -0.2) is 28.2 Å². The Hall–Kier alpha value is -1.88. The summed E-state index contributed by atoms with van der Waals surface area (Å²) in [5, 5.41) is 0. The molecule has 0 amide bonds. The second-order valence-corrected chi connectivity index (χ2v) is 4.52. The average molecular weight is 246 g/mol. The lowest BCUT2D eigenvalue weighted by molar-refractivity contribution is 0.0708. The lowest BCUT2D eigenvalue weighted by Gasteiger charge is -2.08. The number of para-hydroxylation sites is 2. The van der Waals surface area contributed by atoms with Crippen LogP contribution in [0.1, 0.15) is 24.1 Å². The van der Waals surface area contributed by atoms with E-state index in [1.165, 1.54) is 4.57 Å². The van der Waals surface area contributed by atoms with Gasteiger partial charge in [-0.05, 0) is 25.0 Å². The van der Waals surface area contributed by atoms with Crippen LogP contribution in [0, 0.1) is 0 Å². The minimum atomic E-state index is -0.376. The number of fused-ring (bicyclic) bond motifs is 1. The van der Waals surface area contributed by atoms with Crippen LogP contribution in [0.5, 0.6) is 0 Å². The van der Waals surface area contributed by atoms with Gasteiger partial charge in [-0.2, -0.15) is 0 Å². The Balaban J connectivity index is 1.95. The van der Waals surface area contributed by atoms with Crippen molar-refractivity contribution in [2.24, 2.45) is 0 Å². The number of nitrogens with one attached hydrogen (secondary N) is 1. The summed E-state index contributed by atoms with van der Waals surface area (Å²) >= 11 is 0. The molecule has 5 heteroatoms. The highest BCUT2D eigenvalue weighted by atomic mass is 16.5. The molecule has 5 nitrogen and oxygen atoms in total. The lowest BCUT2D eigenvalue weighted by Crippen LogP contribution is -2.27. The van der Waals surface area contributed by atoms with E-state index in [0.29, 0.717) is 17.6 Å². The number of nitrogens with zero attached hydrogens (tertiary/aromatic N) is 1. The van der Waals surface area contributed by atoms with Gasteiger partial charge in [0, 0.05) is 6.61 Å². The molecule has 1 unspecified atom stereocenters. The van der Waals surface area contributed by atoms with Gasteiger partial charge in [0.2, 0.25) is 5.91 Å². The highest BCUT2D eigenvalue weighted by Gasteiger charge is 2.22. The van der Waals surface area contributed by atoms with Crippen LogP contribution in [0.25, 0.3) is 11.0 Å². The number of rotatable bonds is 2. The Morgan fingerprint density at radius 2 is 2.28 bits per heavy atom. The average Bonchev–Trinajstić information content (AvgIpc) is 2.94. The van der Waals surface area contributed by atoms with Crippen molar-refractivity contribution in [2.45, 2.75) is 25.4 Å². The third-order valence-corrected chi connectivity index (χ3v) is 3.27. The minimum Gasteiger partial charge on any atom is -0.378 e. The molecular weight excluding hydrogens is 232 g/mol. The van der Waals surface area contributed by atoms with E-state index < -0.39 is 0 Å². The van der Waals surface area contributed by atoms with E-state index in [9.17, 15) is 9.59 Å². The smallest absolute Gasteiger partial charge is 0.333 e. The normalized spacial score (nSPS) is 19.4. The monoisotopic (exact) mass is 246 g/mol. The number of benzene rings is 1. The molecule has 1 aromatic heterocycles. The maximum atomic E-state index is 12.2. The zero-order valence-corrected chi connectivity index (χ0v) is 9.89. The molecule has 2 heterocycles. The molecule has 0 saturated carbocycles. The van der Waals surface area contributed by atoms with E-state index in [2.05, 4.69) is 4.98 Å². The number of carbonyl (C=O) groups is 1. The summed E-state index contributed by atoms with van der Waals surface area (Å²) in [6.07, 6.45) is 2.10. The Labute approximate surface area is 103 Å². The number of carbonyl (C=O) groups excluding carboxylic acids is 1. The van der Waals surface area contributed by atoms with Crippen molar-refractivity contribution < 1.29 is 9.53 Å². The van der Waals surface area contributed by atoms with Crippen molar-refractivity contribution in [3.8, 4) is 0 Å². The Morgan fingerprint density at radius 3 is 3.06 bits per heavy atom. The summed E-state index contributed by atoms with van der Waals surface area (Å²) in [5.74, 6) is -0.204. The second kappa shape index (κ2) is 4.42. The van der Waals surface area contributed by atoms with Gasteiger partial charge < -0.3 is 9.72 Å². The van der Waals surface area contributed by atoms with Gasteiger partial charge in [-0.3, -0.25) is 4.79 Å². The first-order valence-electron chi connectivity index (χ1n) is 6.10. The number of ether oxygens (including phenoxy) is 1. The predicted molar refractivity (Wildman–Crippen MR) is 66.8 cm³/mol. The van der Waals surface area contributed by atoms with Crippen LogP contribution in [0.3, 0.4) is 0 Å². The molecule has 0 spiro atoms. The molecule has 0 radical (unpaired) electrons. The molecule has 2 aromatic rings. The molecule has 1 aliphatic rings. The van der Waals surface area contributed by atoms with Crippen molar-refractivity contribution in [3.05, 3.63) is 34.7 Å². The zero-order valence-electron chi connectivity index (χ0n) is 9.89. The number of aromatic nitrogens is 2. The SMILES string of the molecule is O=C(CC1CCCO1)n1c(=O)[nH]c2ccccc21. The van der Waals surface area contributed by atoms with Gasteiger partial charge in [-0.25, -0.2) is 9.36 Å². The van der Waals surface area contributed by atoms with E-state index in [-0.39, 0.29) is 24.1 Å². The molecule has 1 fully saturated rings. The van der Waals surface area contributed by atoms with Crippen LogP contribution in [0.4, 0.5) is 0 Å². The van der Waals surface area contributed by atoms with E-state index in [1.807, 2.05) is 12.1 Å². The topological polar surface area (TPSA) is 64.1 Å². The Bertz CT molecular complexity index is 635. The Morgan fingerprint density at radius 1 is 1.44 bits per heavy atom. The molecule has 0 bridgehead atoms. The van der Waals surface area contributed by atoms with Gasteiger partial charge in [-0.1, -0.05) is 12.1 Å². The van der Waals surface area contributed by atoms with Crippen LogP contribution in [-0.2, 0) is 4.74 Å². The number of aromatic amines is 1. The molecule has 18 heavy (non-hydrogen) atoms. The van der Waals surface area contributed by atoms with Crippen molar-refractivity contribution in [2.75, 3.05) is 6.61 Å². The first-order valence-corrected chi connectivity index (χ1v) is 6.10. The van der Waals surface area contributed by atoms with Crippen molar-refractivity contribution in [3.63, 3.8) is 0 Å². The van der Waals surface area contributed by atoms with Gasteiger partial charge in [-0.15, -0.1) is 0 Å². The van der Waals surface area contributed by atoms with E-state index >= 15 is 0 Å². The largest absolute Gasteiger partial charge is 0.378 e. The lowest BCUT2D eigenvalue weighted by atomic mass is 10.2. The molecule has 1 atom stereocenters. The van der Waals surface area contributed by atoms with Crippen molar-refractivity contribution in [1.82, 2.24) is 9.55 Å². The summed E-state index contributed by atoms with van der Waals surface area (Å²) in [6, 6.07) is 7.19. The van der Waals surface area contributed by atoms with Crippen molar-refractivity contribution in [1.29, 1.82) is 0 Å². The molecular formula is C13H14N2O3. The van der Waals surface area contributed by atoms with Crippen LogP contribution >= 0.6 is 0 Å². The van der Waals surface area contributed by atoms with Gasteiger partial charge in [0.25, 0.3) is 0 Å². The fraction of sp³-hybridized carbons (Fsp3) is 0.385. The van der Waals surface area contributed by atoms with Crippen LogP contribution in [0.15, 0.2) is 29.1 Å². The predicted octanol–water partition coefficient (Wildman–Crippen LogP) is 1.54. The molecule has 1 aromatic carbocycles. The molecule has 1 aliphatic heterocycles. The van der Waals surface area contributed by atoms with Gasteiger partial charge >= 0.3 is 5.69 Å². The van der Waals surface area contributed by atoms with Gasteiger partial charge in [0.15, 0.2) is 0 Å². The number of hydrogen-bond acceptors (Lipinski definition) is 3. The maximum Gasteiger partial charge on any atom is 0.333 e. The van der Waals surface area contributed by atoms with Crippen molar-refractivity contribution >= 4 is 16.9 Å². The zero-order chi connectivity index (χ0) is 12.5. The molecule has 94 valence electrons. The Kier molecular flexibility index (Phi) is 2.76. The standard InChI is InChI=1S/C13H14N2O3/c16-12(8-9-4-3-7-18-9)15-11-6-2-1-5-10(11)14-13(15)17/h1-2,5-6,9H,3-4,7-8H2,(H,14,17). The molecule has 1 N–H and O–H groups in total. The maximum absolute atomic E-state index is 12.2. The van der Waals surface area contributed by atoms with E-state index in [4.69, 9.17) is 4.74 Å². The highest BCUT2D eigenvalue weighted by molar-refractivity contribution is 5.90. The fourth-order valence-electron chi connectivity index (χ4n) is 2.39. The summed E-state index contributed by atoms with van der Waals surface area (Å²) < 4.78 is 6.63. The third kappa shape index (κ3) is 1.86. The number of H-pyrrole nitrogens is 1. The number of hydrogen-bond donors (Lipinski definition) is 1. The molecule has 3 rings (SSSR count). The summed E-state index contributed by atoms with van der Waals surface area (Å²) in [5.41, 5.74) is 0.938. The van der Waals surface area contributed by atoms with Gasteiger partial charge in [0.1, 0.15) is 0 Å². The van der Waals surface area contributed by atoms with Crippen LogP contribution in [0.2, 0.25) is 0 Å². The minimum absolute atomic E-state index is 0.0435. The molecule has 0 aliphatic carbocycles. The summed E-state index contributed by atoms with van der Waals surface area (Å²) in [6.45, 7) is 0.709. The first kappa shape index (κ1) is 11.2. The second-order valence-electron chi connectivity index (χ2n) is 4.52. The third-order valence-electron chi connectivity index (χ3n) is 3.27. The van der Waals surface area contributed by atoms with Gasteiger partial charge in [0.05, 0.1) is 23.6 Å². The van der Waals surface area contributed by atoms with E-state index in [0.717, 1.165) is 12.8 Å². The highest BCUT2D eigenvalue weighted by Crippen LogP contribution is 2.17. The fourth-order valence-corrected chi connectivity index (χ4v) is 2.39. The summed E-state index contributed by atoms with van der Waals surface area (Å²) in [7, 11) is 0. The summed E-state index contributed by atoms with van der Waals surface area (Å²) in [4.78, 5) is 26.6. The van der Waals surface area contributed by atoms with Crippen LogP contribution < -0.4 is 5.69 Å². The first-order chi connectivity index (χ1) is 8.75. The van der Waals surface area contributed by atoms with E-state index in [1.54, 1.807) is 12.1 Å².